The topological polar surface area (TPSA) is 53.5 Å². The number of rotatable bonds is 4. The summed E-state index contributed by atoms with van der Waals surface area (Å²) in [5.74, 6) is -0.694. The highest BCUT2D eigenvalue weighted by atomic mass is 32.1. The van der Waals surface area contributed by atoms with Gasteiger partial charge in [-0.2, -0.15) is 0 Å². The van der Waals surface area contributed by atoms with Gasteiger partial charge in [0, 0.05) is 18.8 Å². The number of benzene rings is 2. The Kier molecular flexibility index (Phi) is 4.92. The van der Waals surface area contributed by atoms with Crippen molar-refractivity contribution in [2.24, 2.45) is 0 Å². The van der Waals surface area contributed by atoms with E-state index in [4.69, 9.17) is 0 Å². The predicted molar refractivity (Wildman–Crippen MR) is 104 cm³/mol. The molecule has 1 aliphatic heterocycles. The van der Waals surface area contributed by atoms with E-state index >= 15 is 0 Å². The van der Waals surface area contributed by atoms with Crippen molar-refractivity contribution in [1.29, 1.82) is 0 Å². The Morgan fingerprint density at radius 1 is 1.21 bits per heavy atom. The molecule has 2 amide bonds. The van der Waals surface area contributed by atoms with Gasteiger partial charge in [0.2, 0.25) is 5.91 Å². The molecule has 142 valence electrons. The molecule has 1 saturated heterocycles. The number of amides is 2. The van der Waals surface area contributed by atoms with Crippen molar-refractivity contribution in [3.8, 4) is 0 Å². The molecule has 1 aromatic heterocycles. The predicted octanol–water partition coefficient (Wildman–Crippen LogP) is 3.49. The molecule has 1 fully saturated rings. The summed E-state index contributed by atoms with van der Waals surface area (Å²) in [6.45, 7) is 0.0195. The average molecular weight is 395 g/mol. The third-order valence-corrected chi connectivity index (χ3v) is 5.58. The van der Waals surface area contributed by atoms with E-state index in [-0.39, 0.29) is 24.2 Å². The molecule has 28 heavy (non-hydrogen) atoms. The largest absolute Gasteiger partial charge is 0.320 e. The van der Waals surface area contributed by atoms with E-state index in [1.807, 2.05) is 36.4 Å². The van der Waals surface area contributed by atoms with Crippen molar-refractivity contribution < 1.29 is 14.0 Å². The van der Waals surface area contributed by atoms with Crippen LogP contribution in [0.3, 0.4) is 0 Å². The minimum atomic E-state index is -0.449. The summed E-state index contributed by atoms with van der Waals surface area (Å²) >= 11 is 1.36. The number of hydrogen-bond acceptors (Lipinski definition) is 4. The summed E-state index contributed by atoms with van der Waals surface area (Å²) in [6.07, 6.45) is 0.00554. The Morgan fingerprint density at radius 3 is 2.75 bits per heavy atom. The van der Waals surface area contributed by atoms with Crippen LogP contribution in [-0.4, -0.2) is 40.2 Å². The number of halogens is 1. The maximum Gasteiger partial charge on any atom is 0.275 e. The van der Waals surface area contributed by atoms with Crippen LogP contribution in [0.4, 0.5) is 4.39 Å². The van der Waals surface area contributed by atoms with Crippen LogP contribution in [0, 0.1) is 5.82 Å². The molecule has 1 atom stereocenters. The molecule has 2 heterocycles. The van der Waals surface area contributed by atoms with E-state index in [2.05, 4.69) is 4.98 Å². The molecule has 0 spiro atoms. The first-order valence-electron chi connectivity index (χ1n) is 8.83. The second kappa shape index (κ2) is 7.52. The maximum absolute atomic E-state index is 13.4. The SMILES string of the molecule is CN1C(=O)CN(C(=O)c2csc(Cc3cccc(F)c3)n2)[C@H]1c1ccccc1. The monoisotopic (exact) mass is 395 g/mol. The van der Waals surface area contributed by atoms with Gasteiger partial charge in [-0.15, -0.1) is 11.3 Å². The lowest BCUT2D eigenvalue weighted by molar-refractivity contribution is -0.126. The molecule has 2 aromatic carbocycles. The van der Waals surface area contributed by atoms with E-state index in [1.54, 1.807) is 28.3 Å². The highest BCUT2D eigenvalue weighted by Gasteiger charge is 2.40. The number of likely N-dealkylation sites (N-methyl/N-ethyl adjacent to an activating group) is 1. The molecule has 3 aromatic rings. The van der Waals surface area contributed by atoms with Crippen LogP contribution in [0.25, 0.3) is 0 Å². The Balaban J connectivity index is 1.57. The first-order valence-corrected chi connectivity index (χ1v) is 9.71. The molecule has 0 N–H and O–H groups in total. The molecule has 0 unspecified atom stereocenters. The summed E-state index contributed by atoms with van der Waals surface area (Å²) in [5.41, 5.74) is 1.98. The summed E-state index contributed by atoms with van der Waals surface area (Å²) in [5, 5.41) is 2.42. The normalized spacial score (nSPS) is 16.6. The quantitative estimate of drug-likeness (QED) is 0.680. The van der Waals surface area contributed by atoms with Crippen molar-refractivity contribution in [1.82, 2.24) is 14.8 Å². The van der Waals surface area contributed by atoms with Crippen molar-refractivity contribution in [2.75, 3.05) is 13.6 Å². The number of carbonyl (C=O) groups excluding carboxylic acids is 2. The van der Waals surface area contributed by atoms with Gasteiger partial charge < -0.3 is 9.80 Å². The Morgan fingerprint density at radius 2 is 2.00 bits per heavy atom. The lowest BCUT2D eigenvalue weighted by Gasteiger charge is -2.27. The van der Waals surface area contributed by atoms with Crippen LogP contribution in [0.5, 0.6) is 0 Å². The van der Waals surface area contributed by atoms with Gasteiger partial charge >= 0.3 is 0 Å². The zero-order valence-corrected chi connectivity index (χ0v) is 16.0. The first kappa shape index (κ1) is 18.3. The van der Waals surface area contributed by atoms with Gasteiger partial charge in [0.05, 0.1) is 5.01 Å². The minimum absolute atomic E-state index is 0.0195. The van der Waals surface area contributed by atoms with Gasteiger partial charge in [-0.1, -0.05) is 42.5 Å². The molecule has 4 rings (SSSR count). The summed E-state index contributed by atoms with van der Waals surface area (Å²) in [6, 6.07) is 15.8. The smallest absolute Gasteiger partial charge is 0.275 e. The van der Waals surface area contributed by atoms with Crippen LogP contribution in [-0.2, 0) is 11.2 Å². The summed E-state index contributed by atoms with van der Waals surface area (Å²) in [4.78, 5) is 32.9. The summed E-state index contributed by atoms with van der Waals surface area (Å²) < 4.78 is 13.4. The Labute approximate surface area is 166 Å². The van der Waals surface area contributed by atoms with E-state index in [0.717, 1.165) is 16.1 Å². The lowest BCUT2D eigenvalue weighted by Crippen LogP contribution is -2.34. The Hall–Kier alpha value is -3.06. The van der Waals surface area contributed by atoms with Gasteiger partial charge in [0.15, 0.2) is 0 Å². The van der Waals surface area contributed by atoms with Gasteiger partial charge in [-0.05, 0) is 23.3 Å². The number of nitrogens with zero attached hydrogens (tertiary/aromatic N) is 3. The van der Waals surface area contributed by atoms with Crippen LogP contribution < -0.4 is 0 Å². The van der Waals surface area contributed by atoms with Crippen molar-refractivity contribution >= 4 is 23.2 Å². The van der Waals surface area contributed by atoms with Crippen molar-refractivity contribution in [3.05, 3.63) is 87.6 Å². The third-order valence-electron chi connectivity index (χ3n) is 4.73. The average Bonchev–Trinajstić information content (AvgIpc) is 3.27. The standard InChI is InChI=1S/C21H18FN3O2S/c1-24-19(26)12-25(20(24)15-7-3-2-4-8-15)21(27)17-13-28-18(23-17)11-14-6-5-9-16(22)10-14/h2-10,13,20H,11-12H2,1H3/t20-/m0/s1. The third kappa shape index (κ3) is 3.53. The van der Waals surface area contributed by atoms with E-state index in [1.165, 1.54) is 23.5 Å². The fourth-order valence-corrected chi connectivity index (χ4v) is 4.16. The molecular formula is C21H18FN3O2S. The molecule has 1 aliphatic rings. The van der Waals surface area contributed by atoms with Gasteiger partial charge in [-0.3, -0.25) is 9.59 Å². The van der Waals surface area contributed by atoms with E-state index < -0.39 is 6.17 Å². The van der Waals surface area contributed by atoms with Crippen LogP contribution in [0.1, 0.15) is 32.8 Å². The highest BCUT2D eigenvalue weighted by Crippen LogP contribution is 2.31. The second-order valence-corrected chi connectivity index (χ2v) is 7.60. The molecule has 7 heteroatoms. The minimum Gasteiger partial charge on any atom is -0.320 e. The summed E-state index contributed by atoms with van der Waals surface area (Å²) in [7, 11) is 1.70. The number of aromatic nitrogens is 1. The van der Waals surface area contributed by atoms with Crippen LogP contribution >= 0.6 is 11.3 Å². The highest BCUT2D eigenvalue weighted by molar-refractivity contribution is 7.09. The fraction of sp³-hybridized carbons (Fsp3) is 0.190. The fourth-order valence-electron chi connectivity index (χ4n) is 3.36. The number of carbonyl (C=O) groups is 2. The number of thiazole rings is 1. The zero-order valence-electron chi connectivity index (χ0n) is 15.2. The van der Waals surface area contributed by atoms with Gasteiger partial charge in [-0.25, -0.2) is 9.37 Å². The second-order valence-electron chi connectivity index (χ2n) is 6.66. The first-order chi connectivity index (χ1) is 13.5. The zero-order chi connectivity index (χ0) is 19.7. The van der Waals surface area contributed by atoms with E-state index in [9.17, 15) is 14.0 Å². The molecular weight excluding hydrogens is 377 g/mol. The van der Waals surface area contributed by atoms with Crippen molar-refractivity contribution in [2.45, 2.75) is 12.6 Å². The van der Waals surface area contributed by atoms with Crippen LogP contribution in [0.2, 0.25) is 0 Å². The lowest BCUT2D eigenvalue weighted by atomic mass is 10.1. The van der Waals surface area contributed by atoms with E-state index in [0.29, 0.717) is 12.1 Å². The van der Waals surface area contributed by atoms with Gasteiger partial charge in [0.25, 0.3) is 5.91 Å². The van der Waals surface area contributed by atoms with Crippen LogP contribution in [0.15, 0.2) is 60.0 Å². The van der Waals surface area contributed by atoms with Gasteiger partial charge in [0.1, 0.15) is 24.2 Å². The molecule has 0 saturated carbocycles. The molecule has 5 nitrogen and oxygen atoms in total. The molecule has 0 bridgehead atoms. The molecule has 0 radical (unpaired) electrons. The Bertz CT molecular complexity index is 1020. The maximum atomic E-state index is 13.4. The molecule has 0 aliphatic carbocycles. The van der Waals surface area contributed by atoms with Crippen molar-refractivity contribution in [3.63, 3.8) is 0 Å². The number of hydrogen-bond donors (Lipinski definition) is 0.